The fourth-order valence-corrected chi connectivity index (χ4v) is 4.18. The molecule has 1 heterocycles. The monoisotopic (exact) mass is 484 g/mol. The largest absolute Gasteiger partial charge is 0.476 e. The number of benzene rings is 2. The summed E-state index contributed by atoms with van der Waals surface area (Å²) in [6.07, 6.45) is 1.51. The lowest BCUT2D eigenvalue weighted by atomic mass is 10.1. The molecule has 0 unspecified atom stereocenters. The molecule has 1 aliphatic heterocycles. The second-order valence-electron chi connectivity index (χ2n) is 6.55. The van der Waals surface area contributed by atoms with E-state index >= 15 is 0 Å². The number of piperazine rings is 1. The minimum Gasteiger partial charge on any atom is -0.476 e. The van der Waals surface area contributed by atoms with Crippen molar-refractivity contribution >= 4 is 45.2 Å². The van der Waals surface area contributed by atoms with Crippen LogP contribution in [0.4, 0.5) is 5.69 Å². The Kier molecular flexibility index (Phi) is 7.35. The molecule has 0 radical (unpaired) electrons. The molecule has 2 aromatic rings. The van der Waals surface area contributed by atoms with Crippen LogP contribution in [0.1, 0.15) is 5.56 Å². The van der Waals surface area contributed by atoms with Crippen LogP contribution in [0, 0.1) is 22.7 Å². The summed E-state index contributed by atoms with van der Waals surface area (Å²) in [4.78, 5) is 16.8. The van der Waals surface area contributed by atoms with Crippen molar-refractivity contribution in [2.75, 3.05) is 37.7 Å². The minimum atomic E-state index is -0.303. The van der Waals surface area contributed by atoms with Crippen molar-refractivity contribution in [2.45, 2.75) is 0 Å². The second-order valence-corrected chi connectivity index (χ2v) is 7.81. The zero-order valence-corrected chi connectivity index (χ0v) is 18.4. The fourth-order valence-electron chi connectivity index (χ4n) is 3.19. The number of para-hydroxylation sites is 1. The number of anilines is 1. The Bertz CT molecular complexity index is 1010. The van der Waals surface area contributed by atoms with Crippen molar-refractivity contribution in [2.24, 2.45) is 0 Å². The van der Waals surface area contributed by atoms with E-state index in [-0.39, 0.29) is 23.1 Å². The Morgan fingerprint density at radius 2 is 1.87 bits per heavy atom. The first-order valence-corrected chi connectivity index (χ1v) is 10.4. The number of carbonyl (C=O) groups excluding carboxylic acids is 1. The molecule has 0 spiro atoms. The van der Waals surface area contributed by atoms with Crippen LogP contribution in [-0.4, -0.2) is 43.6 Å². The van der Waals surface area contributed by atoms with Crippen molar-refractivity contribution in [3.05, 3.63) is 63.1 Å². The van der Waals surface area contributed by atoms with Gasteiger partial charge < -0.3 is 14.5 Å². The van der Waals surface area contributed by atoms with Crippen LogP contribution < -0.4 is 9.64 Å². The van der Waals surface area contributed by atoms with Gasteiger partial charge in [-0.3, -0.25) is 4.79 Å². The number of nitrogens with zero attached hydrogens (tertiary/aromatic N) is 4. The molecule has 152 valence electrons. The molecular weight excluding hydrogens is 468 g/mol. The van der Waals surface area contributed by atoms with Gasteiger partial charge in [-0.15, -0.1) is 0 Å². The molecule has 0 aliphatic carbocycles. The molecule has 1 saturated heterocycles. The summed E-state index contributed by atoms with van der Waals surface area (Å²) in [6.45, 7) is 2.36. The first-order valence-electron chi connectivity index (χ1n) is 9.23. The molecule has 0 N–H and O–H groups in total. The van der Waals surface area contributed by atoms with E-state index in [2.05, 4.69) is 20.8 Å². The number of hydrogen-bond acceptors (Lipinski definition) is 5. The Morgan fingerprint density at radius 1 is 1.17 bits per heavy atom. The lowest BCUT2D eigenvalue weighted by molar-refractivity contribution is -0.126. The van der Waals surface area contributed by atoms with Crippen LogP contribution >= 0.6 is 27.5 Å². The topological polar surface area (TPSA) is 80.4 Å². The SMILES string of the molecule is N#CCOc1c(Cl)cc(/C=C(/C#N)C(=O)N2CCN(c3ccccc3)CC2)cc1Br. The molecule has 2 aromatic carbocycles. The zero-order valence-electron chi connectivity index (χ0n) is 16.0. The molecule has 0 bridgehead atoms. The third-order valence-corrected chi connectivity index (χ3v) is 5.52. The molecule has 8 heteroatoms. The summed E-state index contributed by atoms with van der Waals surface area (Å²) in [6, 6.07) is 17.2. The normalized spacial score (nSPS) is 14.1. The number of hydrogen-bond donors (Lipinski definition) is 0. The van der Waals surface area contributed by atoms with Crippen molar-refractivity contribution in [3.63, 3.8) is 0 Å². The van der Waals surface area contributed by atoms with Crippen LogP contribution in [0.3, 0.4) is 0 Å². The van der Waals surface area contributed by atoms with Crippen LogP contribution in [0.25, 0.3) is 6.08 Å². The number of carbonyl (C=O) groups is 1. The molecular formula is C22H18BrClN4O2. The van der Waals surface area contributed by atoms with Gasteiger partial charge in [-0.1, -0.05) is 29.8 Å². The highest BCUT2D eigenvalue weighted by atomic mass is 79.9. The van der Waals surface area contributed by atoms with E-state index < -0.39 is 0 Å². The zero-order chi connectivity index (χ0) is 21.5. The maximum Gasteiger partial charge on any atom is 0.264 e. The Morgan fingerprint density at radius 3 is 2.47 bits per heavy atom. The van der Waals surface area contributed by atoms with Crippen LogP contribution in [0.15, 0.2) is 52.5 Å². The van der Waals surface area contributed by atoms with Gasteiger partial charge in [0.15, 0.2) is 12.4 Å². The lowest BCUT2D eigenvalue weighted by Crippen LogP contribution is -2.49. The summed E-state index contributed by atoms with van der Waals surface area (Å²) in [5.74, 6) is 0.0412. The molecule has 0 saturated carbocycles. The maximum atomic E-state index is 12.9. The van der Waals surface area contributed by atoms with E-state index in [9.17, 15) is 10.1 Å². The van der Waals surface area contributed by atoms with E-state index in [1.807, 2.05) is 42.5 Å². The standard InChI is InChI=1S/C22H18BrClN4O2/c23-19-13-16(14-20(24)21(19)30-11-6-25)12-17(15-26)22(29)28-9-7-27(8-10-28)18-4-2-1-3-5-18/h1-5,12-14H,7-11H2/b17-12-. The first-order chi connectivity index (χ1) is 14.5. The van der Waals surface area contributed by atoms with Crippen molar-refractivity contribution < 1.29 is 9.53 Å². The van der Waals surface area contributed by atoms with Crippen LogP contribution in [0.2, 0.25) is 5.02 Å². The van der Waals surface area contributed by atoms with Gasteiger partial charge in [0.25, 0.3) is 5.91 Å². The summed E-state index contributed by atoms with van der Waals surface area (Å²) >= 11 is 9.57. The Labute approximate surface area is 188 Å². The van der Waals surface area contributed by atoms with Gasteiger partial charge in [0, 0.05) is 31.9 Å². The number of ether oxygens (including phenoxy) is 1. The molecule has 3 rings (SSSR count). The minimum absolute atomic E-state index is 0.0387. The van der Waals surface area contributed by atoms with Crippen molar-refractivity contribution in [1.82, 2.24) is 4.90 Å². The highest BCUT2D eigenvalue weighted by Crippen LogP contribution is 2.35. The van der Waals surface area contributed by atoms with Gasteiger partial charge >= 0.3 is 0 Å². The quantitative estimate of drug-likeness (QED) is 0.467. The molecule has 0 aromatic heterocycles. The third-order valence-electron chi connectivity index (χ3n) is 4.65. The predicted octanol–water partition coefficient (Wildman–Crippen LogP) is 4.26. The highest BCUT2D eigenvalue weighted by molar-refractivity contribution is 9.10. The Hall–Kier alpha value is -3.00. The van der Waals surface area contributed by atoms with Gasteiger partial charge in [0.05, 0.1) is 9.50 Å². The van der Waals surface area contributed by atoms with Crippen LogP contribution in [-0.2, 0) is 4.79 Å². The van der Waals surface area contributed by atoms with Crippen molar-refractivity contribution in [1.29, 1.82) is 10.5 Å². The predicted molar refractivity (Wildman–Crippen MR) is 119 cm³/mol. The third kappa shape index (κ3) is 5.13. The van der Waals surface area contributed by atoms with Crippen molar-refractivity contribution in [3.8, 4) is 17.9 Å². The number of halogens is 2. The summed E-state index contributed by atoms with van der Waals surface area (Å²) in [7, 11) is 0. The lowest BCUT2D eigenvalue weighted by Gasteiger charge is -2.36. The highest BCUT2D eigenvalue weighted by Gasteiger charge is 2.24. The molecule has 1 amide bonds. The van der Waals surface area contributed by atoms with E-state index in [4.69, 9.17) is 21.6 Å². The number of amides is 1. The van der Waals surface area contributed by atoms with E-state index in [1.54, 1.807) is 17.0 Å². The first kappa shape index (κ1) is 21.7. The van der Waals surface area contributed by atoms with E-state index in [1.165, 1.54) is 6.08 Å². The van der Waals surface area contributed by atoms with Gasteiger partial charge in [0.2, 0.25) is 0 Å². The molecule has 30 heavy (non-hydrogen) atoms. The second kappa shape index (κ2) is 10.2. The average Bonchev–Trinajstić information content (AvgIpc) is 2.77. The molecule has 1 aliphatic rings. The Balaban J connectivity index is 1.72. The van der Waals surface area contributed by atoms with E-state index in [0.29, 0.717) is 42.0 Å². The summed E-state index contributed by atoms with van der Waals surface area (Å²) < 4.78 is 5.83. The summed E-state index contributed by atoms with van der Waals surface area (Å²) in [5.41, 5.74) is 1.75. The number of nitriles is 2. The van der Waals surface area contributed by atoms with Crippen LogP contribution in [0.5, 0.6) is 5.75 Å². The smallest absolute Gasteiger partial charge is 0.264 e. The molecule has 0 atom stereocenters. The van der Waals surface area contributed by atoms with Gasteiger partial charge in [-0.05, 0) is 51.8 Å². The van der Waals surface area contributed by atoms with Gasteiger partial charge in [-0.2, -0.15) is 10.5 Å². The molecule has 6 nitrogen and oxygen atoms in total. The summed E-state index contributed by atoms with van der Waals surface area (Å²) in [5, 5.41) is 18.5. The number of rotatable bonds is 5. The molecule has 1 fully saturated rings. The van der Waals surface area contributed by atoms with Gasteiger partial charge in [0.1, 0.15) is 17.7 Å². The van der Waals surface area contributed by atoms with E-state index in [0.717, 1.165) is 5.69 Å². The fraction of sp³-hybridized carbons (Fsp3) is 0.227. The van der Waals surface area contributed by atoms with Gasteiger partial charge in [-0.25, -0.2) is 0 Å². The maximum absolute atomic E-state index is 12.9. The average molecular weight is 486 g/mol.